The molecule has 0 amide bonds. The van der Waals surface area contributed by atoms with Gasteiger partial charge in [-0.2, -0.15) is 8.78 Å². The van der Waals surface area contributed by atoms with Crippen LogP contribution in [0.25, 0.3) is 10.9 Å². The summed E-state index contributed by atoms with van der Waals surface area (Å²) in [4.78, 5) is 13.4. The average molecular weight is 577 g/mol. The third-order valence-electron chi connectivity index (χ3n) is 8.41. The number of hydrogen-bond acceptors (Lipinski definition) is 6. The summed E-state index contributed by atoms with van der Waals surface area (Å²) in [5, 5.41) is 4.79. The van der Waals surface area contributed by atoms with Crippen LogP contribution in [0.3, 0.4) is 0 Å². The first-order chi connectivity index (χ1) is 18.4. The molecule has 2 heterocycles. The normalized spacial score (nSPS) is 16.8. The van der Waals surface area contributed by atoms with Crippen molar-refractivity contribution in [2.75, 3.05) is 11.6 Å². The number of pyridine rings is 1. The van der Waals surface area contributed by atoms with Gasteiger partial charge in [-0.05, 0) is 76.1 Å². The van der Waals surface area contributed by atoms with Gasteiger partial charge in [-0.1, -0.05) is 32.9 Å². The van der Waals surface area contributed by atoms with E-state index in [4.69, 9.17) is 4.43 Å². The van der Waals surface area contributed by atoms with Gasteiger partial charge in [0.1, 0.15) is 23.1 Å². The van der Waals surface area contributed by atoms with E-state index < -0.39 is 37.3 Å². The zero-order valence-corrected chi connectivity index (χ0v) is 25.7. The predicted molar refractivity (Wildman–Crippen MR) is 156 cm³/mol. The molecule has 1 saturated carbocycles. The topological polar surface area (TPSA) is 59.9 Å². The van der Waals surface area contributed by atoms with Crippen LogP contribution < -0.4 is 5.32 Å². The maximum absolute atomic E-state index is 16.5. The van der Waals surface area contributed by atoms with Crippen molar-refractivity contribution in [3.63, 3.8) is 0 Å². The number of nitrogens with one attached hydrogen (secondary N) is 1. The monoisotopic (exact) mass is 576 g/mol. The third kappa shape index (κ3) is 5.57. The molecule has 3 aromatic rings. The van der Waals surface area contributed by atoms with Crippen molar-refractivity contribution in [2.45, 2.75) is 95.1 Å². The first-order valence-corrected chi connectivity index (χ1v) is 17.5. The van der Waals surface area contributed by atoms with Gasteiger partial charge in [0, 0.05) is 10.9 Å². The highest BCUT2D eigenvalue weighted by atomic mass is 32.2. The lowest BCUT2D eigenvalue weighted by molar-refractivity contribution is -0.182. The highest BCUT2D eigenvalue weighted by Crippen LogP contribution is 2.56. The van der Waals surface area contributed by atoms with E-state index in [9.17, 15) is 0 Å². The van der Waals surface area contributed by atoms with Gasteiger partial charge in [-0.25, -0.2) is 19.3 Å². The fourth-order valence-electron chi connectivity index (χ4n) is 5.48. The van der Waals surface area contributed by atoms with Crippen molar-refractivity contribution in [1.29, 1.82) is 0 Å². The smallest absolute Gasteiger partial charge is 0.303 e. The second-order valence-electron chi connectivity index (χ2n) is 10.7. The zero-order valence-electron chi connectivity index (χ0n) is 23.9. The van der Waals surface area contributed by atoms with Gasteiger partial charge in [0.2, 0.25) is 0 Å². The molecule has 1 aliphatic carbocycles. The molecule has 2 atom stereocenters. The average Bonchev–Trinajstić information content (AvgIpc) is 3.77. The third-order valence-corrected chi connectivity index (χ3v) is 13.8. The fourth-order valence-corrected chi connectivity index (χ4v) is 9.00. The molecule has 10 heteroatoms. The number of anilines is 1. The summed E-state index contributed by atoms with van der Waals surface area (Å²) in [6.45, 7) is 11.1. The number of aryl methyl sites for hydroxylation is 1. The summed E-state index contributed by atoms with van der Waals surface area (Å²) in [5.74, 6) is -3.66. The summed E-state index contributed by atoms with van der Waals surface area (Å²) < 4.78 is 55.7. The van der Waals surface area contributed by atoms with E-state index in [1.54, 1.807) is 26.1 Å². The van der Waals surface area contributed by atoms with Gasteiger partial charge < -0.3 is 9.74 Å². The lowest BCUT2D eigenvalue weighted by Crippen LogP contribution is -2.55. The summed E-state index contributed by atoms with van der Waals surface area (Å²) in [5.41, 5.74) is -1.55. The van der Waals surface area contributed by atoms with Crippen LogP contribution in [-0.2, 0) is 10.3 Å². The minimum absolute atomic E-state index is 0.152. The van der Waals surface area contributed by atoms with Gasteiger partial charge in [-0.15, -0.1) is 11.8 Å². The van der Waals surface area contributed by atoms with Crippen molar-refractivity contribution in [3.05, 3.63) is 53.2 Å². The Morgan fingerprint density at radius 2 is 1.82 bits per heavy atom. The number of thioether (sulfide) groups is 1. The van der Waals surface area contributed by atoms with Crippen LogP contribution >= 0.6 is 11.8 Å². The molecule has 1 fully saturated rings. The van der Waals surface area contributed by atoms with Gasteiger partial charge in [0.25, 0.3) is 0 Å². The van der Waals surface area contributed by atoms with Crippen molar-refractivity contribution in [2.24, 2.45) is 5.92 Å². The number of fused-ring (bicyclic) bond motifs is 1. The summed E-state index contributed by atoms with van der Waals surface area (Å²) in [6.07, 6.45) is 4.94. The lowest BCUT2D eigenvalue weighted by Gasteiger charge is -2.45. The number of rotatable bonds is 12. The highest BCUT2D eigenvalue weighted by Gasteiger charge is 2.63. The van der Waals surface area contributed by atoms with Gasteiger partial charge in [0.15, 0.2) is 8.32 Å². The second-order valence-corrected chi connectivity index (χ2v) is 16.3. The van der Waals surface area contributed by atoms with Crippen LogP contribution in [0.4, 0.5) is 19.0 Å². The van der Waals surface area contributed by atoms with Gasteiger partial charge >= 0.3 is 5.92 Å². The summed E-state index contributed by atoms with van der Waals surface area (Å²) >= 11 is 1.49. The van der Waals surface area contributed by atoms with Crippen LogP contribution in [0, 0.1) is 18.7 Å². The van der Waals surface area contributed by atoms with E-state index in [0.717, 1.165) is 28.5 Å². The van der Waals surface area contributed by atoms with Gasteiger partial charge in [0.05, 0.1) is 28.3 Å². The first kappa shape index (κ1) is 29.8. The number of nitrogens with zero attached hydrogens (tertiary/aromatic N) is 3. The summed E-state index contributed by atoms with van der Waals surface area (Å²) in [7, 11) is -2.40. The Bertz CT molecular complexity index is 1330. The van der Waals surface area contributed by atoms with Crippen molar-refractivity contribution in [1.82, 2.24) is 15.0 Å². The molecule has 4 rings (SSSR count). The molecule has 0 bridgehead atoms. The molecule has 1 unspecified atom stereocenters. The number of halogens is 3. The molecule has 0 radical (unpaired) electrons. The van der Waals surface area contributed by atoms with E-state index in [1.807, 2.05) is 33.1 Å². The molecule has 0 spiro atoms. The predicted octanol–water partition coefficient (Wildman–Crippen LogP) is 8.65. The largest absolute Gasteiger partial charge is 0.405 e. The van der Waals surface area contributed by atoms with Crippen LogP contribution in [0.5, 0.6) is 0 Å². The quantitative estimate of drug-likeness (QED) is 0.172. The Kier molecular flexibility index (Phi) is 8.69. The molecule has 1 aromatic carbocycles. The lowest BCUT2D eigenvalue weighted by atomic mass is 9.86. The minimum Gasteiger partial charge on any atom is -0.405 e. The van der Waals surface area contributed by atoms with Crippen molar-refractivity contribution < 1.29 is 17.6 Å². The van der Waals surface area contributed by atoms with E-state index in [0.29, 0.717) is 30.0 Å². The first-order valence-electron chi connectivity index (χ1n) is 13.8. The fraction of sp³-hybridized carbons (Fsp3) is 0.552. The molecule has 1 N–H and O–H groups in total. The summed E-state index contributed by atoms with van der Waals surface area (Å²) in [6, 6.07) is 7.77. The molecular weight excluding hydrogens is 537 g/mol. The maximum Gasteiger partial charge on any atom is 0.303 e. The van der Waals surface area contributed by atoms with Crippen LogP contribution in [0.2, 0.25) is 18.1 Å². The van der Waals surface area contributed by atoms with E-state index in [2.05, 4.69) is 20.3 Å². The number of benzene rings is 1. The molecule has 5 nitrogen and oxygen atoms in total. The Balaban J connectivity index is 1.72. The number of aromatic nitrogens is 3. The minimum atomic E-state index is -3.50. The highest BCUT2D eigenvalue weighted by molar-refractivity contribution is 7.98. The Morgan fingerprint density at radius 1 is 1.15 bits per heavy atom. The molecule has 2 aromatic heterocycles. The van der Waals surface area contributed by atoms with E-state index in [-0.39, 0.29) is 11.5 Å². The molecule has 212 valence electrons. The SMILES string of the molecule is CC[Si](CC)(CC)OC(C)(C1CC1)C(F)(F)c1cccc([C@@H](C)Nc2nc(C)nc3cnc(SC)cc23)c1F. The van der Waals surface area contributed by atoms with Crippen LogP contribution in [0.15, 0.2) is 35.5 Å². The molecular formula is C29H39F3N4OSSi. The van der Waals surface area contributed by atoms with Crippen molar-refractivity contribution in [3.8, 4) is 0 Å². The number of alkyl halides is 2. The Morgan fingerprint density at radius 3 is 2.41 bits per heavy atom. The van der Waals surface area contributed by atoms with Crippen LogP contribution in [0.1, 0.15) is 70.5 Å². The Hall–Kier alpha value is -2.17. The van der Waals surface area contributed by atoms with Crippen molar-refractivity contribution >= 4 is 36.8 Å². The maximum atomic E-state index is 16.5. The Labute approximate surface area is 234 Å². The zero-order chi connectivity index (χ0) is 28.6. The second kappa shape index (κ2) is 11.4. The molecule has 0 saturated heterocycles. The molecule has 39 heavy (non-hydrogen) atoms. The van der Waals surface area contributed by atoms with E-state index >= 15 is 13.2 Å². The molecule has 1 aliphatic rings. The number of hydrogen-bond donors (Lipinski definition) is 1. The standard InChI is InChI=1S/C29H39F3N4OSSi/c1-8-39(9-2,10-3)37-28(6,20-14-15-20)29(31,32)23-13-11-12-21(26(23)30)18(4)34-27-22-16-25(38-7)33-17-24(22)35-19(5)36-27/h11-13,16-18,20H,8-10,14-15H2,1-7H3,(H,34,35,36)/t18-,28?/m1/s1. The van der Waals surface area contributed by atoms with Gasteiger partial charge in [-0.3, -0.25) is 0 Å². The van der Waals surface area contributed by atoms with Crippen LogP contribution in [-0.4, -0.2) is 35.1 Å². The molecule has 0 aliphatic heterocycles. The van der Waals surface area contributed by atoms with E-state index in [1.165, 1.54) is 30.8 Å².